The minimum absolute atomic E-state index is 0.0671. The molecule has 0 fully saturated rings. The summed E-state index contributed by atoms with van der Waals surface area (Å²) < 4.78 is 32.7. The van der Waals surface area contributed by atoms with Gasteiger partial charge < -0.3 is 10.1 Å². The summed E-state index contributed by atoms with van der Waals surface area (Å²) in [7, 11) is -0.897. The van der Waals surface area contributed by atoms with E-state index in [0.717, 1.165) is 20.8 Å². The van der Waals surface area contributed by atoms with Crippen molar-refractivity contribution < 1.29 is 17.9 Å². The SMILES string of the molecule is COc1ccccc1N(C)S(=O)(=O)c1ccc(C(=O)Nc2ccc(C)c3ncccc23)cc1. The number of aromatic nitrogens is 1. The summed E-state index contributed by atoms with van der Waals surface area (Å²) in [6.07, 6.45) is 1.71. The van der Waals surface area contributed by atoms with Crippen LogP contribution in [0.1, 0.15) is 15.9 Å². The van der Waals surface area contributed by atoms with Crippen LogP contribution in [0.3, 0.4) is 0 Å². The number of carbonyl (C=O) groups is 1. The van der Waals surface area contributed by atoms with E-state index in [4.69, 9.17) is 4.74 Å². The van der Waals surface area contributed by atoms with Crippen LogP contribution >= 0.6 is 0 Å². The van der Waals surface area contributed by atoms with E-state index >= 15 is 0 Å². The van der Waals surface area contributed by atoms with E-state index in [1.165, 1.54) is 38.4 Å². The summed E-state index contributed by atoms with van der Waals surface area (Å²) in [6.45, 7) is 1.96. The minimum Gasteiger partial charge on any atom is -0.495 e. The number of nitrogens with zero attached hydrogens (tertiary/aromatic N) is 2. The Morgan fingerprint density at radius 1 is 0.970 bits per heavy atom. The molecular formula is C25H23N3O4S. The average Bonchev–Trinajstić information content (AvgIpc) is 2.85. The number of carbonyl (C=O) groups excluding carboxylic acids is 1. The van der Waals surface area contributed by atoms with Crippen molar-refractivity contribution >= 4 is 38.2 Å². The van der Waals surface area contributed by atoms with Gasteiger partial charge in [-0.05, 0) is 67.1 Å². The van der Waals surface area contributed by atoms with Crippen LogP contribution in [-0.4, -0.2) is 33.5 Å². The fraction of sp³-hybridized carbons (Fsp3) is 0.120. The molecule has 0 aliphatic rings. The summed E-state index contributed by atoms with van der Waals surface area (Å²) in [6, 6.07) is 20.1. The van der Waals surface area contributed by atoms with Crippen molar-refractivity contribution in [2.75, 3.05) is 23.8 Å². The zero-order valence-corrected chi connectivity index (χ0v) is 19.3. The van der Waals surface area contributed by atoms with Gasteiger partial charge in [-0.15, -0.1) is 0 Å². The third-order valence-corrected chi connectivity index (χ3v) is 7.20. The number of benzene rings is 3. The van der Waals surface area contributed by atoms with Crippen molar-refractivity contribution in [2.24, 2.45) is 0 Å². The fourth-order valence-corrected chi connectivity index (χ4v) is 4.78. The number of anilines is 2. The van der Waals surface area contributed by atoms with Crippen molar-refractivity contribution in [3.8, 4) is 5.75 Å². The largest absolute Gasteiger partial charge is 0.495 e. The highest BCUT2D eigenvalue weighted by atomic mass is 32.2. The number of hydrogen-bond donors (Lipinski definition) is 1. The molecule has 4 aromatic rings. The molecular weight excluding hydrogens is 438 g/mol. The zero-order chi connectivity index (χ0) is 23.6. The number of fused-ring (bicyclic) bond motifs is 1. The molecule has 1 N–H and O–H groups in total. The number of sulfonamides is 1. The molecule has 0 aliphatic carbocycles. The number of nitrogens with one attached hydrogen (secondary N) is 1. The first kappa shape index (κ1) is 22.3. The van der Waals surface area contributed by atoms with Gasteiger partial charge in [0, 0.05) is 24.2 Å². The van der Waals surface area contributed by atoms with Crippen molar-refractivity contribution in [3.63, 3.8) is 0 Å². The first-order valence-electron chi connectivity index (χ1n) is 10.2. The predicted octanol–water partition coefficient (Wildman–Crippen LogP) is 4.63. The second-order valence-electron chi connectivity index (χ2n) is 7.45. The Morgan fingerprint density at radius 3 is 2.42 bits per heavy atom. The molecule has 0 bridgehead atoms. The van der Waals surface area contributed by atoms with Crippen molar-refractivity contribution in [1.29, 1.82) is 0 Å². The Bertz CT molecular complexity index is 1430. The highest BCUT2D eigenvalue weighted by Crippen LogP contribution is 2.31. The lowest BCUT2D eigenvalue weighted by Crippen LogP contribution is -2.27. The molecule has 4 rings (SSSR count). The van der Waals surface area contributed by atoms with Gasteiger partial charge in [-0.25, -0.2) is 8.42 Å². The van der Waals surface area contributed by atoms with Gasteiger partial charge >= 0.3 is 0 Å². The van der Waals surface area contributed by atoms with E-state index in [-0.39, 0.29) is 10.8 Å². The molecule has 0 radical (unpaired) electrons. The van der Waals surface area contributed by atoms with Crippen LogP contribution in [0.2, 0.25) is 0 Å². The highest BCUT2D eigenvalue weighted by molar-refractivity contribution is 7.92. The summed E-state index contributed by atoms with van der Waals surface area (Å²) in [4.78, 5) is 17.3. The highest BCUT2D eigenvalue weighted by Gasteiger charge is 2.24. The standard InChI is InChI=1S/C25H23N3O4S/c1-17-10-15-21(20-7-6-16-26-24(17)20)27-25(29)18-11-13-19(14-12-18)33(30,31)28(2)22-8-4-5-9-23(22)32-3/h4-16H,1-3H3,(H,27,29). The molecule has 1 aromatic heterocycles. The Balaban J connectivity index is 1.58. The van der Waals surface area contributed by atoms with Crippen LogP contribution < -0.4 is 14.4 Å². The second kappa shape index (κ2) is 8.91. The Morgan fingerprint density at radius 2 is 1.70 bits per heavy atom. The molecule has 0 saturated carbocycles. The number of amides is 1. The van der Waals surface area contributed by atoms with Crippen LogP contribution in [0.4, 0.5) is 11.4 Å². The third-order valence-electron chi connectivity index (χ3n) is 5.42. The molecule has 0 atom stereocenters. The molecule has 0 aliphatic heterocycles. The third kappa shape index (κ3) is 4.25. The van der Waals surface area contributed by atoms with E-state index in [0.29, 0.717) is 22.7 Å². The Kier molecular flexibility index (Phi) is 6.02. The first-order chi connectivity index (χ1) is 15.8. The van der Waals surface area contributed by atoms with E-state index in [1.807, 2.05) is 31.2 Å². The van der Waals surface area contributed by atoms with Crippen molar-refractivity contribution in [2.45, 2.75) is 11.8 Å². The quantitative estimate of drug-likeness (QED) is 0.452. The van der Waals surface area contributed by atoms with Gasteiger partial charge in [0.15, 0.2) is 0 Å². The lowest BCUT2D eigenvalue weighted by atomic mass is 10.1. The molecule has 0 saturated heterocycles. The summed E-state index contributed by atoms with van der Waals surface area (Å²) >= 11 is 0. The zero-order valence-electron chi connectivity index (χ0n) is 18.4. The predicted molar refractivity (Wildman–Crippen MR) is 129 cm³/mol. The molecule has 8 heteroatoms. The van der Waals surface area contributed by atoms with Gasteiger partial charge in [0.05, 0.1) is 28.9 Å². The topological polar surface area (TPSA) is 88.6 Å². The Hall–Kier alpha value is -3.91. The average molecular weight is 462 g/mol. The molecule has 168 valence electrons. The smallest absolute Gasteiger partial charge is 0.264 e. The van der Waals surface area contributed by atoms with Gasteiger partial charge in [-0.2, -0.15) is 0 Å². The number of para-hydroxylation sites is 2. The van der Waals surface area contributed by atoms with Gasteiger partial charge in [0.2, 0.25) is 0 Å². The van der Waals surface area contributed by atoms with E-state index in [9.17, 15) is 13.2 Å². The van der Waals surface area contributed by atoms with Gasteiger partial charge in [0.25, 0.3) is 15.9 Å². The molecule has 0 spiro atoms. The number of hydrogen-bond acceptors (Lipinski definition) is 5. The number of pyridine rings is 1. The van der Waals surface area contributed by atoms with Gasteiger partial charge in [-0.1, -0.05) is 18.2 Å². The van der Waals surface area contributed by atoms with Crippen LogP contribution in [-0.2, 0) is 10.0 Å². The minimum atomic E-state index is -3.85. The maximum Gasteiger partial charge on any atom is 0.264 e. The van der Waals surface area contributed by atoms with Crippen LogP contribution in [0.25, 0.3) is 10.9 Å². The summed E-state index contributed by atoms with van der Waals surface area (Å²) in [5, 5.41) is 3.73. The van der Waals surface area contributed by atoms with Crippen molar-refractivity contribution in [1.82, 2.24) is 4.98 Å². The molecule has 0 unspecified atom stereocenters. The molecule has 7 nitrogen and oxygen atoms in total. The summed E-state index contributed by atoms with van der Waals surface area (Å²) in [5.41, 5.74) is 3.22. The summed E-state index contributed by atoms with van der Waals surface area (Å²) in [5.74, 6) is 0.102. The fourth-order valence-electron chi connectivity index (χ4n) is 3.57. The monoisotopic (exact) mass is 461 g/mol. The molecule has 1 heterocycles. The number of ether oxygens (including phenoxy) is 1. The van der Waals surface area contributed by atoms with Crippen LogP contribution in [0.5, 0.6) is 5.75 Å². The van der Waals surface area contributed by atoms with E-state index in [1.54, 1.807) is 30.5 Å². The number of aryl methyl sites for hydroxylation is 1. The maximum absolute atomic E-state index is 13.1. The normalized spacial score (nSPS) is 11.2. The lowest BCUT2D eigenvalue weighted by molar-refractivity contribution is 0.102. The lowest BCUT2D eigenvalue weighted by Gasteiger charge is -2.21. The first-order valence-corrected chi connectivity index (χ1v) is 11.6. The number of methoxy groups -OCH3 is 1. The van der Waals surface area contributed by atoms with Gasteiger partial charge in [0.1, 0.15) is 5.75 Å². The van der Waals surface area contributed by atoms with Crippen LogP contribution in [0.15, 0.2) is 83.9 Å². The van der Waals surface area contributed by atoms with E-state index in [2.05, 4.69) is 10.3 Å². The molecule has 33 heavy (non-hydrogen) atoms. The van der Waals surface area contributed by atoms with Crippen LogP contribution in [0, 0.1) is 6.92 Å². The second-order valence-corrected chi connectivity index (χ2v) is 9.42. The Labute approximate surface area is 192 Å². The molecule has 3 aromatic carbocycles. The molecule has 1 amide bonds. The van der Waals surface area contributed by atoms with E-state index < -0.39 is 10.0 Å². The maximum atomic E-state index is 13.1. The number of rotatable bonds is 6. The van der Waals surface area contributed by atoms with Crippen molar-refractivity contribution in [3.05, 3.63) is 90.1 Å². The van der Waals surface area contributed by atoms with Gasteiger partial charge in [-0.3, -0.25) is 14.1 Å².